The van der Waals surface area contributed by atoms with E-state index in [9.17, 15) is 4.79 Å². The van der Waals surface area contributed by atoms with Gasteiger partial charge in [0.05, 0.1) is 6.42 Å². The molecule has 0 aromatic rings. The highest BCUT2D eigenvalue weighted by Gasteiger charge is 2.13. The summed E-state index contributed by atoms with van der Waals surface area (Å²) < 4.78 is 0. The van der Waals surface area contributed by atoms with E-state index >= 15 is 0 Å². The summed E-state index contributed by atoms with van der Waals surface area (Å²) in [4.78, 5) is 10.9. The van der Waals surface area contributed by atoms with Gasteiger partial charge in [-0.3, -0.25) is 4.79 Å². The average Bonchev–Trinajstić information content (AvgIpc) is 2.04. The fraction of sp³-hybridized carbons (Fsp3) is 0.111. The number of carbonyl (C=O) groups excluding carboxylic acids is 1. The fourth-order valence-corrected chi connectivity index (χ4v) is 1.15. The monoisotopic (exact) mass is 145 g/mol. The van der Waals surface area contributed by atoms with Crippen molar-refractivity contribution in [3.05, 3.63) is 42.1 Å². The third-order valence-corrected chi connectivity index (χ3v) is 1.72. The number of dihydropyridines is 1. The molecular weight excluding hydrogens is 138 g/mol. The van der Waals surface area contributed by atoms with Crippen molar-refractivity contribution in [3.8, 4) is 0 Å². The minimum Gasteiger partial charge on any atom is -0.374 e. The van der Waals surface area contributed by atoms with Crippen LogP contribution in [-0.4, -0.2) is 5.78 Å². The highest BCUT2D eigenvalue weighted by atomic mass is 16.1. The molecule has 2 radical (unpaired) electrons. The molecule has 1 aliphatic carbocycles. The van der Waals surface area contributed by atoms with E-state index in [2.05, 4.69) is 11.9 Å². The van der Waals surface area contributed by atoms with Gasteiger partial charge in [-0.1, -0.05) is 12.2 Å². The van der Waals surface area contributed by atoms with Gasteiger partial charge in [0, 0.05) is 5.70 Å². The molecule has 1 N–H and O–H groups in total. The molecule has 0 fully saturated rings. The Kier molecular flexibility index (Phi) is 1.39. The van der Waals surface area contributed by atoms with Crippen molar-refractivity contribution < 1.29 is 4.79 Å². The van der Waals surface area contributed by atoms with Crippen LogP contribution in [0, 0.1) is 6.54 Å². The molecule has 0 aromatic carbocycles. The fourth-order valence-electron chi connectivity index (χ4n) is 1.15. The summed E-state index contributed by atoms with van der Waals surface area (Å²) in [6.45, 7) is 2.83. The lowest BCUT2D eigenvalue weighted by molar-refractivity contribution is -0.114. The molecule has 2 nitrogen and oxygen atoms in total. The topological polar surface area (TPSA) is 29.1 Å². The van der Waals surface area contributed by atoms with Crippen molar-refractivity contribution in [2.24, 2.45) is 0 Å². The number of carbonyl (C=O) groups is 1. The van der Waals surface area contributed by atoms with Crippen LogP contribution < -0.4 is 5.32 Å². The maximum absolute atomic E-state index is 10.9. The highest BCUT2D eigenvalue weighted by Crippen LogP contribution is 2.18. The Morgan fingerprint density at radius 1 is 1.36 bits per heavy atom. The van der Waals surface area contributed by atoms with Gasteiger partial charge in [0.1, 0.15) is 6.54 Å². The van der Waals surface area contributed by atoms with Gasteiger partial charge in [-0.15, -0.1) is 0 Å². The molecular formula is C9H7NO. The molecule has 0 bridgehead atoms. The predicted molar refractivity (Wildman–Crippen MR) is 41.3 cm³/mol. The summed E-state index contributed by atoms with van der Waals surface area (Å²) in [5.74, 6) is 0.147. The zero-order valence-corrected chi connectivity index (χ0v) is 5.92. The summed E-state index contributed by atoms with van der Waals surface area (Å²) in [5.41, 5.74) is 2.04. The second-order valence-corrected chi connectivity index (χ2v) is 2.51. The van der Waals surface area contributed by atoms with Gasteiger partial charge in [-0.25, -0.2) is 0 Å². The second kappa shape index (κ2) is 2.38. The van der Waals surface area contributed by atoms with Gasteiger partial charge >= 0.3 is 0 Å². The normalized spacial score (nSPS) is 21.6. The Morgan fingerprint density at radius 3 is 3.18 bits per heavy atom. The first-order valence-corrected chi connectivity index (χ1v) is 3.48. The maximum atomic E-state index is 10.9. The molecule has 0 spiro atoms. The van der Waals surface area contributed by atoms with Crippen LogP contribution in [0.4, 0.5) is 0 Å². The Bertz CT molecular complexity index is 284. The van der Waals surface area contributed by atoms with Crippen molar-refractivity contribution in [1.29, 1.82) is 0 Å². The van der Waals surface area contributed by atoms with Crippen molar-refractivity contribution in [3.63, 3.8) is 0 Å². The summed E-state index contributed by atoms with van der Waals surface area (Å²) in [6, 6.07) is 0. The minimum atomic E-state index is 0.147. The third kappa shape index (κ3) is 1.11. The van der Waals surface area contributed by atoms with Gasteiger partial charge in [-0.05, 0) is 17.7 Å². The first-order valence-electron chi connectivity index (χ1n) is 3.48. The van der Waals surface area contributed by atoms with Gasteiger partial charge in [0.25, 0.3) is 0 Å². The largest absolute Gasteiger partial charge is 0.374 e. The van der Waals surface area contributed by atoms with Gasteiger partial charge in [0.2, 0.25) is 0 Å². The summed E-state index contributed by atoms with van der Waals surface area (Å²) in [5, 5.41) is 2.92. The molecule has 0 amide bonds. The quantitative estimate of drug-likeness (QED) is 0.550. The van der Waals surface area contributed by atoms with Crippen LogP contribution in [0.25, 0.3) is 0 Å². The van der Waals surface area contributed by atoms with E-state index in [-0.39, 0.29) is 5.78 Å². The van der Waals surface area contributed by atoms with Crippen molar-refractivity contribution >= 4 is 5.78 Å². The first-order chi connectivity index (χ1) is 5.36. The molecule has 0 unspecified atom stereocenters. The number of hydrogen-bond donors (Lipinski definition) is 1. The van der Waals surface area contributed by atoms with E-state index in [4.69, 9.17) is 0 Å². The maximum Gasteiger partial charge on any atom is 0.161 e. The smallest absolute Gasteiger partial charge is 0.161 e. The lowest BCUT2D eigenvalue weighted by Gasteiger charge is -2.16. The molecule has 1 aliphatic heterocycles. The molecule has 0 aromatic heterocycles. The number of ketones is 1. The molecule has 0 atom stereocenters. The highest BCUT2D eigenvalue weighted by molar-refractivity contribution is 5.93. The zero-order valence-electron chi connectivity index (χ0n) is 5.92. The second-order valence-electron chi connectivity index (χ2n) is 2.51. The SMILES string of the molecule is O=C1C=CC2=C(C1)N[C]C=C2. The molecule has 54 valence electrons. The Morgan fingerprint density at radius 2 is 2.27 bits per heavy atom. The molecule has 2 heteroatoms. The molecule has 0 saturated carbocycles. The summed E-state index contributed by atoms with van der Waals surface area (Å²) >= 11 is 0. The Hall–Kier alpha value is -1.31. The van der Waals surface area contributed by atoms with Crippen LogP contribution in [0.15, 0.2) is 35.6 Å². The summed E-state index contributed by atoms with van der Waals surface area (Å²) in [7, 11) is 0. The van der Waals surface area contributed by atoms with Gasteiger partial charge in [0.15, 0.2) is 5.78 Å². The minimum absolute atomic E-state index is 0.147. The number of rotatable bonds is 0. The van der Waals surface area contributed by atoms with Crippen molar-refractivity contribution in [1.82, 2.24) is 5.32 Å². The van der Waals surface area contributed by atoms with Crippen LogP contribution in [0.2, 0.25) is 0 Å². The van der Waals surface area contributed by atoms with E-state index in [1.807, 2.05) is 12.2 Å². The lowest BCUT2D eigenvalue weighted by atomic mass is 10.00. The van der Waals surface area contributed by atoms with Gasteiger partial charge in [-0.2, -0.15) is 0 Å². The molecule has 2 aliphatic rings. The van der Waals surface area contributed by atoms with E-state index < -0.39 is 0 Å². The number of nitrogens with one attached hydrogen (secondary N) is 1. The van der Waals surface area contributed by atoms with Crippen LogP contribution in [0.3, 0.4) is 0 Å². The van der Waals surface area contributed by atoms with Crippen LogP contribution >= 0.6 is 0 Å². The van der Waals surface area contributed by atoms with Gasteiger partial charge < -0.3 is 5.32 Å². The first kappa shape index (κ1) is 6.40. The summed E-state index contributed by atoms with van der Waals surface area (Å²) in [6.07, 6.45) is 7.65. The van der Waals surface area contributed by atoms with Crippen molar-refractivity contribution in [2.75, 3.05) is 0 Å². The van der Waals surface area contributed by atoms with Crippen LogP contribution in [0.1, 0.15) is 6.42 Å². The Balaban J connectivity index is 2.34. The van der Waals surface area contributed by atoms with E-state index in [1.165, 1.54) is 0 Å². The average molecular weight is 145 g/mol. The van der Waals surface area contributed by atoms with Crippen LogP contribution in [0.5, 0.6) is 0 Å². The van der Waals surface area contributed by atoms with E-state index in [1.54, 1.807) is 12.2 Å². The number of allylic oxidation sites excluding steroid dienone is 5. The molecule has 0 saturated heterocycles. The van der Waals surface area contributed by atoms with E-state index in [0.717, 1.165) is 11.3 Å². The third-order valence-electron chi connectivity index (χ3n) is 1.72. The molecule has 2 rings (SSSR count). The zero-order chi connectivity index (χ0) is 7.68. The van der Waals surface area contributed by atoms with E-state index in [0.29, 0.717) is 6.42 Å². The predicted octanol–water partition coefficient (Wildman–Crippen LogP) is 0.968. The number of hydrogen-bond acceptors (Lipinski definition) is 2. The van der Waals surface area contributed by atoms with Crippen molar-refractivity contribution in [2.45, 2.75) is 6.42 Å². The lowest BCUT2D eigenvalue weighted by Crippen LogP contribution is -2.18. The Labute approximate surface area is 65.3 Å². The van der Waals surface area contributed by atoms with Crippen LogP contribution in [-0.2, 0) is 4.79 Å². The molecule has 11 heavy (non-hydrogen) atoms. The molecule has 1 heterocycles. The standard InChI is InChI=1S/C9H7NO/c11-8-4-3-7-2-1-5-10-9(7)6-8/h1-4,10H,6H2.